The third-order valence-electron chi connectivity index (χ3n) is 4.18. The van der Waals surface area contributed by atoms with Gasteiger partial charge in [-0.1, -0.05) is 13.8 Å². The molecule has 0 radical (unpaired) electrons. The molecule has 0 spiro atoms. The summed E-state index contributed by atoms with van der Waals surface area (Å²) in [4.78, 5) is 28.5. The summed E-state index contributed by atoms with van der Waals surface area (Å²) >= 11 is 1.51. The van der Waals surface area contributed by atoms with Gasteiger partial charge in [-0.2, -0.15) is 0 Å². The van der Waals surface area contributed by atoms with Crippen molar-refractivity contribution in [2.24, 2.45) is 0 Å². The van der Waals surface area contributed by atoms with E-state index in [0.717, 1.165) is 47.5 Å². The van der Waals surface area contributed by atoms with Gasteiger partial charge in [0, 0.05) is 37.4 Å². The Kier molecular flexibility index (Phi) is 5.08. The van der Waals surface area contributed by atoms with Crippen molar-refractivity contribution in [2.75, 3.05) is 18.0 Å². The second-order valence-corrected chi connectivity index (χ2v) is 7.44. The van der Waals surface area contributed by atoms with Crippen molar-refractivity contribution >= 4 is 23.2 Å². The van der Waals surface area contributed by atoms with Crippen LogP contribution in [-0.4, -0.2) is 40.0 Å². The Morgan fingerprint density at radius 2 is 1.96 bits per heavy atom. The van der Waals surface area contributed by atoms with E-state index >= 15 is 0 Å². The number of aryl methyl sites for hydroxylation is 1. The molecule has 0 aromatic carbocycles. The van der Waals surface area contributed by atoms with Gasteiger partial charge in [-0.05, 0) is 25.8 Å². The maximum atomic E-state index is 12.5. The topological polar surface area (TPSA) is 71.0 Å². The number of carbonyl (C=O) groups is 1. The Morgan fingerprint density at radius 3 is 2.54 bits per heavy atom. The van der Waals surface area contributed by atoms with Crippen molar-refractivity contribution in [3.63, 3.8) is 0 Å². The molecule has 0 saturated carbocycles. The number of rotatable bonds is 4. The van der Waals surface area contributed by atoms with Gasteiger partial charge in [0.1, 0.15) is 4.88 Å². The van der Waals surface area contributed by atoms with Crippen LogP contribution < -0.4 is 10.2 Å². The molecule has 1 N–H and O–H groups in total. The Morgan fingerprint density at radius 1 is 1.29 bits per heavy atom. The van der Waals surface area contributed by atoms with Gasteiger partial charge < -0.3 is 10.2 Å². The summed E-state index contributed by atoms with van der Waals surface area (Å²) in [6, 6.07) is 2.01. The molecule has 0 atom stereocenters. The molecular weight excluding hydrogens is 322 g/mol. The van der Waals surface area contributed by atoms with Crippen molar-refractivity contribution in [1.82, 2.24) is 20.3 Å². The van der Waals surface area contributed by atoms with E-state index < -0.39 is 0 Å². The predicted octanol–water partition coefficient (Wildman–Crippen LogP) is 2.76. The monoisotopic (exact) mass is 345 g/mol. The summed E-state index contributed by atoms with van der Waals surface area (Å²) in [5.74, 6) is 1.12. The van der Waals surface area contributed by atoms with Gasteiger partial charge in [-0.15, -0.1) is 11.3 Å². The van der Waals surface area contributed by atoms with E-state index in [1.165, 1.54) is 11.3 Å². The molecule has 0 aliphatic carbocycles. The smallest absolute Gasteiger partial charge is 0.263 e. The van der Waals surface area contributed by atoms with Crippen molar-refractivity contribution in [3.05, 3.63) is 34.0 Å². The SMILES string of the molecule is Cc1nc(C(C)C)sc1C(=O)NC1CCN(c2ncccn2)CC1. The first kappa shape index (κ1) is 16.8. The van der Waals surface area contributed by atoms with Gasteiger partial charge in [0.15, 0.2) is 0 Å². The molecule has 1 aliphatic heterocycles. The van der Waals surface area contributed by atoms with Crippen molar-refractivity contribution < 1.29 is 4.79 Å². The molecule has 1 saturated heterocycles. The first-order valence-electron chi connectivity index (χ1n) is 8.34. The summed E-state index contributed by atoms with van der Waals surface area (Å²) in [7, 11) is 0. The van der Waals surface area contributed by atoms with Gasteiger partial charge in [0.2, 0.25) is 5.95 Å². The van der Waals surface area contributed by atoms with Crippen molar-refractivity contribution in [3.8, 4) is 0 Å². The first-order chi connectivity index (χ1) is 11.5. The van der Waals surface area contributed by atoms with Crippen LogP contribution in [0.15, 0.2) is 18.5 Å². The normalized spacial score (nSPS) is 15.8. The third-order valence-corrected chi connectivity index (χ3v) is 5.64. The number of hydrogen-bond acceptors (Lipinski definition) is 6. The lowest BCUT2D eigenvalue weighted by molar-refractivity contribution is 0.0934. The summed E-state index contributed by atoms with van der Waals surface area (Å²) < 4.78 is 0. The minimum atomic E-state index is 0.00584. The fourth-order valence-electron chi connectivity index (χ4n) is 2.80. The van der Waals surface area contributed by atoms with E-state index in [4.69, 9.17) is 0 Å². The molecule has 3 rings (SSSR count). The van der Waals surface area contributed by atoms with E-state index in [2.05, 4.69) is 39.0 Å². The standard InChI is InChI=1S/C17H23N5OS/c1-11(2)16-20-12(3)14(24-16)15(23)21-13-5-9-22(10-6-13)17-18-7-4-8-19-17/h4,7-8,11,13H,5-6,9-10H2,1-3H3,(H,21,23). The van der Waals surface area contributed by atoms with Gasteiger partial charge in [0.05, 0.1) is 10.7 Å². The molecule has 24 heavy (non-hydrogen) atoms. The molecule has 1 amide bonds. The number of carbonyl (C=O) groups excluding carboxylic acids is 1. The van der Waals surface area contributed by atoms with Gasteiger partial charge in [0.25, 0.3) is 5.91 Å². The van der Waals surface area contributed by atoms with Crippen LogP contribution in [0, 0.1) is 6.92 Å². The van der Waals surface area contributed by atoms with Crippen LogP contribution in [0.5, 0.6) is 0 Å². The van der Waals surface area contributed by atoms with Crippen LogP contribution in [0.4, 0.5) is 5.95 Å². The Labute approximate surface area is 146 Å². The van der Waals surface area contributed by atoms with Crippen LogP contribution >= 0.6 is 11.3 Å². The molecule has 7 heteroatoms. The van der Waals surface area contributed by atoms with Gasteiger partial charge in [-0.25, -0.2) is 15.0 Å². The van der Waals surface area contributed by atoms with Crippen molar-refractivity contribution in [2.45, 2.75) is 45.6 Å². The Bertz CT molecular complexity index is 692. The highest BCUT2D eigenvalue weighted by molar-refractivity contribution is 7.13. The number of amides is 1. The quantitative estimate of drug-likeness (QED) is 0.922. The molecule has 2 aromatic rings. The number of nitrogens with zero attached hydrogens (tertiary/aromatic N) is 4. The number of thiazole rings is 1. The number of piperidine rings is 1. The predicted molar refractivity (Wildman–Crippen MR) is 95.7 cm³/mol. The van der Waals surface area contributed by atoms with Crippen molar-refractivity contribution in [1.29, 1.82) is 0 Å². The second-order valence-electron chi connectivity index (χ2n) is 6.40. The van der Waals surface area contributed by atoms with Crippen LogP contribution in [0.1, 0.15) is 53.0 Å². The fourth-order valence-corrected chi connectivity index (χ4v) is 3.78. The molecule has 128 valence electrons. The fraction of sp³-hybridized carbons (Fsp3) is 0.529. The van der Waals surface area contributed by atoms with E-state index in [-0.39, 0.29) is 11.9 Å². The maximum absolute atomic E-state index is 12.5. The van der Waals surface area contributed by atoms with E-state index in [0.29, 0.717) is 5.92 Å². The molecule has 2 aromatic heterocycles. The first-order valence-corrected chi connectivity index (χ1v) is 9.16. The Hall–Kier alpha value is -2.02. The highest BCUT2D eigenvalue weighted by atomic mass is 32.1. The number of aromatic nitrogens is 3. The lowest BCUT2D eigenvalue weighted by atomic mass is 10.1. The molecule has 6 nitrogen and oxygen atoms in total. The molecular formula is C17H23N5OS. The second kappa shape index (κ2) is 7.25. The highest BCUT2D eigenvalue weighted by Gasteiger charge is 2.24. The highest BCUT2D eigenvalue weighted by Crippen LogP contribution is 2.25. The summed E-state index contributed by atoms with van der Waals surface area (Å²) in [5, 5.41) is 4.19. The molecule has 0 bridgehead atoms. The minimum absolute atomic E-state index is 0.00584. The van der Waals surface area contributed by atoms with Gasteiger partial charge in [-0.3, -0.25) is 4.79 Å². The van der Waals surface area contributed by atoms with Crippen LogP contribution in [-0.2, 0) is 0 Å². The van der Waals surface area contributed by atoms with E-state index in [1.807, 2.05) is 13.0 Å². The van der Waals surface area contributed by atoms with Crippen LogP contribution in [0.3, 0.4) is 0 Å². The summed E-state index contributed by atoms with van der Waals surface area (Å²) in [6.45, 7) is 7.82. The van der Waals surface area contributed by atoms with E-state index in [1.54, 1.807) is 12.4 Å². The molecule has 0 unspecified atom stereocenters. The molecule has 3 heterocycles. The Balaban J connectivity index is 1.57. The van der Waals surface area contributed by atoms with Crippen LogP contribution in [0.2, 0.25) is 0 Å². The lowest BCUT2D eigenvalue weighted by Gasteiger charge is -2.32. The number of anilines is 1. The zero-order valence-corrected chi connectivity index (χ0v) is 15.1. The minimum Gasteiger partial charge on any atom is -0.348 e. The van der Waals surface area contributed by atoms with E-state index in [9.17, 15) is 4.79 Å². The molecule has 1 aliphatic rings. The summed E-state index contributed by atoms with van der Waals surface area (Å²) in [5.41, 5.74) is 0.830. The zero-order chi connectivity index (χ0) is 17.1. The lowest BCUT2D eigenvalue weighted by Crippen LogP contribution is -2.45. The third kappa shape index (κ3) is 3.72. The average molecular weight is 345 g/mol. The zero-order valence-electron chi connectivity index (χ0n) is 14.3. The van der Waals surface area contributed by atoms with Crippen LogP contribution in [0.25, 0.3) is 0 Å². The largest absolute Gasteiger partial charge is 0.348 e. The number of nitrogens with one attached hydrogen (secondary N) is 1. The number of hydrogen-bond donors (Lipinski definition) is 1. The maximum Gasteiger partial charge on any atom is 0.263 e. The van der Waals surface area contributed by atoms with Gasteiger partial charge >= 0.3 is 0 Å². The molecule has 1 fully saturated rings. The summed E-state index contributed by atoms with van der Waals surface area (Å²) in [6.07, 6.45) is 5.32. The average Bonchev–Trinajstić information content (AvgIpc) is 2.99.